The zero-order chi connectivity index (χ0) is 12.6. The van der Waals surface area contributed by atoms with Gasteiger partial charge in [-0.15, -0.1) is 0 Å². The van der Waals surface area contributed by atoms with Crippen LogP contribution in [0.3, 0.4) is 0 Å². The van der Waals surface area contributed by atoms with Gasteiger partial charge < -0.3 is 9.47 Å². The highest BCUT2D eigenvalue weighted by Gasteiger charge is 2.76. The minimum atomic E-state index is -0.706. The zero-order valence-corrected chi connectivity index (χ0v) is 10.6. The monoisotopic (exact) mass is 246 g/mol. The second-order valence-electron chi connectivity index (χ2n) is 5.05. The summed E-state index contributed by atoms with van der Waals surface area (Å²) in [5.41, 5.74) is -0.0146. The number of rotatable bonds is 3. The Labute approximate surface area is 107 Å². The van der Waals surface area contributed by atoms with E-state index in [0.29, 0.717) is 6.61 Å². The van der Waals surface area contributed by atoms with Gasteiger partial charge in [0.25, 0.3) is 0 Å². The van der Waals surface area contributed by atoms with Crippen molar-refractivity contribution in [1.29, 1.82) is 0 Å². The maximum Gasteiger partial charge on any atom is 0.341 e. The van der Waals surface area contributed by atoms with Gasteiger partial charge in [-0.05, 0) is 38.2 Å². The van der Waals surface area contributed by atoms with Crippen LogP contribution in [0, 0.1) is 0 Å². The van der Waals surface area contributed by atoms with Gasteiger partial charge in [0.2, 0.25) is 0 Å². The van der Waals surface area contributed by atoms with Crippen LogP contribution in [-0.4, -0.2) is 18.2 Å². The molecule has 0 amide bonds. The Bertz CT molecular complexity index is 456. The van der Waals surface area contributed by atoms with Gasteiger partial charge in [0.15, 0.2) is 5.60 Å². The molecule has 1 aromatic carbocycles. The molecular formula is C15H18O3. The first-order valence-electron chi connectivity index (χ1n) is 6.68. The first-order valence-corrected chi connectivity index (χ1v) is 6.68. The van der Waals surface area contributed by atoms with Crippen LogP contribution < -0.4 is 0 Å². The fourth-order valence-electron chi connectivity index (χ4n) is 3.23. The maximum absolute atomic E-state index is 12.2. The molecular weight excluding hydrogens is 228 g/mol. The number of epoxide rings is 1. The maximum atomic E-state index is 12.2. The third kappa shape index (κ3) is 1.43. The van der Waals surface area contributed by atoms with Crippen molar-refractivity contribution in [3.8, 4) is 0 Å². The summed E-state index contributed by atoms with van der Waals surface area (Å²) in [4.78, 5) is 12.2. The number of hydrogen-bond donors (Lipinski definition) is 0. The minimum absolute atomic E-state index is 0.187. The van der Waals surface area contributed by atoms with Gasteiger partial charge in [0.05, 0.1) is 6.61 Å². The van der Waals surface area contributed by atoms with Crippen molar-refractivity contribution in [2.75, 3.05) is 6.61 Å². The van der Waals surface area contributed by atoms with Gasteiger partial charge in [-0.2, -0.15) is 0 Å². The van der Waals surface area contributed by atoms with E-state index in [0.717, 1.165) is 31.2 Å². The smallest absolute Gasteiger partial charge is 0.341 e. The van der Waals surface area contributed by atoms with E-state index >= 15 is 0 Å². The molecule has 2 fully saturated rings. The third-order valence-corrected chi connectivity index (χ3v) is 4.11. The number of fused-ring (bicyclic) bond motifs is 1. The molecule has 2 unspecified atom stereocenters. The molecule has 96 valence electrons. The van der Waals surface area contributed by atoms with E-state index in [1.54, 1.807) is 0 Å². The van der Waals surface area contributed by atoms with Crippen molar-refractivity contribution in [3.05, 3.63) is 35.9 Å². The molecule has 1 aliphatic carbocycles. The Morgan fingerprint density at radius 3 is 2.72 bits per heavy atom. The van der Waals surface area contributed by atoms with Crippen molar-refractivity contribution in [3.63, 3.8) is 0 Å². The Morgan fingerprint density at radius 1 is 1.28 bits per heavy atom. The fourth-order valence-corrected chi connectivity index (χ4v) is 3.23. The van der Waals surface area contributed by atoms with Crippen LogP contribution in [0.4, 0.5) is 0 Å². The highest BCUT2D eigenvalue weighted by atomic mass is 16.7. The Morgan fingerprint density at radius 2 is 2.00 bits per heavy atom. The summed E-state index contributed by atoms with van der Waals surface area (Å²) in [5, 5.41) is 0. The third-order valence-electron chi connectivity index (χ3n) is 4.11. The standard InChI is InChI=1S/C15H18O3/c1-2-17-13(16)15-11-7-6-10-14(15,18-15)12-8-4-3-5-9-12/h3-5,8-9H,2,6-7,10-11H2,1H3. The molecule has 1 aromatic rings. The predicted molar refractivity (Wildman–Crippen MR) is 67.0 cm³/mol. The Hall–Kier alpha value is -1.35. The SMILES string of the molecule is CCOC(=O)C12CCCCC1(c1ccccc1)O2. The van der Waals surface area contributed by atoms with Crippen molar-refractivity contribution in [2.45, 2.75) is 43.8 Å². The molecule has 0 radical (unpaired) electrons. The lowest BCUT2D eigenvalue weighted by molar-refractivity contribution is -0.150. The summed E-state index contributed by atoms with van der Waals surface area (Å²) in [6.07, 6.45) is 3.83. The average Bonchev–Trinajstić information content (AvgIpc) is 3.12. The number of esters is 1. The number of carbonyl (C=O) groups excluding carboxylic acids is 1. The molecule has 0 bridgehead atoms. The van der Waals surface area contributed by atoms with Crippen molar-refractivity contribution >= 4 is 5.97 Å². The number of carbonyl (C=O) groups is 1. The van der Waals surface area contributed by atoms with Gasteiger partial charge in [0.1, 0.15) is 5.60 Å². The number of hydrogen-bond acceptors (Lipinski definition) is 3. The van der Waals surface area contributed by atoms with E-state index in [4.69, 9.17) is 9.47 Å². The van der Waals surface area contributed by atoms with Gasteiger partial charge in [0, 0.05) is 0 Å². The molecule has 18 heavy (non-hydrogen) atoms. The van der Waals surface area contributed by atoms with Gasteiger partial charge in [-0.1, -0.05) is 30.3 Å². The van der Waals surface area contributed by atoms with E-state index in [-0.39, 0.29) is 5.97 Å². The van der Waals surface area contributed by atoms with Crippen molar-refractivity contribution in [2.24, 2.45) is 0 Å². The van der Waals surface area contributed by atoms with Crippen molar-refractivity contribution < 1.29 is 14.3 Å². The lowest BCUT2D eigenvalue weighted by Crippen LogP contribution is -2.37. The second kappa shape index (κ2) is 4.09. The summed E-state index contributed by atoms with van der Waals surface area (Å²) < 4.78 is 11.2. The molecule has 1 heterocycles. The van der Waals surface area contributed by atoms with E-state index in [1.165, 1.54) is 0 Å². The van der Waals surface area contributed by atoms with Crippen LogP contribution in [0.15, 0.2) is 30.3 Å². The minimum Gasteiger partial charge on any atom is -0.464 e. The number of benzene rings is 1. The molecule has 1 aliphatic heterocycles. The fraction of sp³-hybridized carbons (Fsp3) is 0.533. The van der Waals surface area contributed by atoms with E-state index in [1.807, 2.05) is 37.3 Å². The average molecular weight is 246 g/mol. The van der Waals surface area contributed by atoms with Crippen molar-refractivity contribution in [1.82, 2.24) is 0 Å². The number of ether oxygens (including phenoxy) is 2. The van der Waals surface area contributed by atoms with E-state index in [2.05, 4.69) is 0 Å². The Kier molecular flexibility index (Phi) is 2.67. The molecule has 3 rings (SSSR count). The van der Waals surface area contributed by atoms with E-state index in [9.17, 15) is 4.79 Å². The topological polar surface area (TPSA) is 38.8 Å². The molecule has 0 N–H and O–H groups in total. The van der Waals surface area contributed by atoms with Gasteiger partial charge in [-0.3, -0.25) is 0 Å². The van der Waals surface area contributed by atoms with Gasteiger partial charge in [-0.25, -0.2) is 4.79 Å². The molecule has 2 atom stereocenters. The predicted octanol–water partition coefficient (Wildman–Crippen LogP) is 2.79. The Balaban J connectivity index is 1.95. The van der Waals surface area contributed by atoms with Crippen LogP contribution in [0.2, 0.25) is 0 Å². The lowest BCUT2D eigenvalue weighted by atomic mass is 9.75. The first kappa shape index (κ1) is 11.7. The molecule has 0 spiro atoms. The van der Waals surface area contributed by atoms with Crippen LogP contribution in [0.1, 0.15) is 38.2 Å². The zero-order valence-electron chi connectivity index (χ0n) is 10.6. The first-order chi connectivity index (χ1) is 8.75. The lowest BCUT2D eigenvalue weighted by Gasteiger charge is -2.23. The van der Waals surface area contributed by atoms with Crippen LogP contribution in [0.5, 0.6) is 0 Å². The summed E-state index contributed by atoms with van der Waals surface area (Å²) >= 11 is 0. The van der Waals surface area contributed by atoms with Crippen LogP contribution in [0.25, 0.3) is 0 Å². The quantitative estimate of drug-likeness (QED) is 0.608. The molecule has 3 heteroatoms. The molecule has 2 aliphatic rings. The molecule has 0 aromatic heterocycles. The van der Waals surface area contributed by atoms with E-state index < -0.39 is 11.2 Å². The molecule has 1 saturated carbocycles. The summed E-state index contributed by atoms with van der Waals surface area (Å²) in [6, 6.07) is 10.1. The summed E-state index contributed by atoms with van der Waals surface area (Å²) in [7, 11) is 0. The summed E-state index contributed by atoms with van der Waals surface area (Å²) in [5.74, 6) is -0.187. The highest BCUT2D eigenvalue weighted by molar-refractivity contribution is 5.85. The van der Waals surface area contributed by atoms with Crippen LogP contribution >= 0.6 is 0 Å². The summed E-state index contributed by atoms with van der Waals surface area (Å²) in [6.45, 7) is 2.25. The largest absolute Gasteiger partial charge is 0.464 e. The highest BCUT2D eigenvalue weighted by Crippen LogP contribution is 2.64. The normalized spacial score (nSPS) is 33.6. The second-order valence-corrected chi connectivity index (χ2v) is 5.05. The molecule has 3 nitrogen and oxygen atoms in total. The van der Waals surface area contributed by atoms with Crippen LogP contribution in [-0.2, 0) is 19.9 Å². The van der Waals surface area contributed by atoms with Gasteiger partial charge >= 0.3 is 5.97 Å². The molecule has 1 saturated heterocycles.